The predicted octanol–water partition coefficient (Wildman–Crippen LogP) is 3.55. The van der Waals surface area contributed by atoms with Crippen molar-refractivity contribution in [3.63, 3.8) is 0 Å². The van der Waals surface area contributed by atoms with E-state index in [0.717, 1.165) is 16.5 Å². The van der Waals surface area contributed by atoms with Crippen molar-refractivity contribution in [2.24, 2.45) is 0 Å². The number of rotatable bonds is 4. The number of H-pyrrole nitrogens is 1. The Balaban J connectivity index is 1.47. The van der Waals surface area contributed by atoms with E-state index >= 15 is 0 Å². The molecule has 1 aliphatic heterocycles. The van der Waals surface area contributed by atoms with Gasteiger partial charge >= 0.3 is 6.03 Å². The van der Waals surface area contributed by atoms with Gasteiger partial charge in [0.15, 0.2) is 6.61 Å². The number of nitrogens with zero attached hydrogens (tertiary/aromatic N) is 1. The Kier molecular flexibility index (Phi) is 4.42. The van der Waals surface area contributed by atoms with Gasteiger partial charge in [0, 0.05) is 30.5 Å². The highest BCUT2D eigenvalue weighted by atomic mass is 16.5. The molecule has 0 saturated carbocycles. The first-order chi connectivity index (χ1) is 13.1. The van der Waals surface area contributed by atoms with Crippen LogP contribution in [0.3, 0.4) is 0 Å². The number of hydrogen-bond donors (Lipinski definition) is 3. The minimum Gasteiger partial charge on any atom is -0.482 e. The second-order valence-electron chi connectivity index (χ2n) is 6.39. The molecule has 3 amide bonds. The molecule has 4 rings (SSSR count). The summed E-state index contributed by atoms with van der Waals surface area (Å²) in [6, 6.07) is 13.1. The lowest BCUT2D eigenvalue weighted by Crippen LogP contribution is -2.34. The Bertz CT molecular complexity index is 1010. The van der Waals surface area contributed by atoms with Gasteiger partial charge < -0.3 is 25.3 Å². The molecular formula is C20H20N4O3. The van der Waals surface area contributed by atoms with E-state index in [2.05, 4.69) is 21.7 Å². The molecule has 0 atom stereocenters. The third-order valence-corrected chi connectivity index (χ3v) is 4.52. The molecule has 0 unspecified atom stereocenters. The molecule has 3 aromatic rings. The lowest BCUT2D eigenvalue weighted by Gasteiger charge is -2.23. The number of anilines is 2. The van der Waals surface area contributed by atoms with Gasteiger partial charge in [0.2, 0.25) is 0 Å². The number of benzene rings is 2. The Hall–Kier alpha value is -3.48. The first-order valence-electron chi connectivity index (χ1n) is 8.81. The number of aromatic nitrogens is 1. The van der Waals surface area contributed by atoms with Gasteiger partial charge in [-0.05, 0) is 54.3 Å². The highest BCUT2D eigenvalue weighted by molar-refractivity contribution is 5.97. The van der Waals surface area contributed by atoms with Gasteiger partial charge in [0.1, 0.15) is 5.75 Å². The van der Waals surface area contributed by atoms with Crippen LogP contribution in [0.2, 0.25) is 0 Å². The topological polar surface area (TPSA) is 86.5 Å². The SMILES string of the molecule is CCN(Cc1ccc2[nH]ccc2c1)C(=O)Nc1ccc2c(c1)NC(=O)CO2. The van der Waals surface area contributed by atoms with Crippen LogP contribution < -0.4 is 15.4 Å². The predicted molar refractivity (Wildman–Crippen MR) is 104 cm³/mol. The van der Waals surface area contributed by atoms with E-state index in [-0.39, 0.29) is 18.5 Å². The molecule has 27 heavy (non-hydrogen) atoms. The fraction of sp³-hybridized carbons (Fsp3) is 0.200. The summed E-state index contributed by atoms with van der Waals surface area (Å²) in [6.07, 6.45) is 1.90. The molecule has 0 fully saturated rings. The summed E-state index contributed by atoms with van der Waals surface area (Å²) in [5, 5.41) is 6.74. The molecule has 2 aromatic carbocycles. The Labute approximate surface area is 156 Å². The standard InChI is InChI=1S/C20H20N4O3/c1-2-24(11-13-3-5-16-14(9-13)7-8-21-16)20(26)22-15-4-6-18-17(10-15)23-19(25)12-27-18/h3-10,21H,2,11-12H2,1H3,(H,22,26)(H,23,25). The quantitative estimate of drug-likeness (QED) is 0.662. The van der Waals surface area contributed by atoms with E-state index in [1.54, 1.807) is 23.1 Å². The summed E-state index contributed by atoms with van der Waals surface area (Å²) >= 11 is 0. The van der Waals surface area contributed by atoms with Crippen LogP contribution in [0, 0.1) is 0 Å². The number of carbonyl (C=O) groups is 2. The minimum atomic E-state index is -0.207. The summed E-state index contributed by atoms with van der Waals surface area (Å²) in [5.74, 6) is 0.390. The summed E-state index contributed by atoms with van der Waals surface area (Å²) in [7, 11) is 0. The molecule has 1 aromatic heterocycles. The van der Waals surface area contributed by atoms with Crippen LogP contribution >= 0.6 is 0 Å². The molecule has 7 nitrogen and oxygen atoms in total. The van der Waals surface area contributed by atoms with Crippen LogP contribution in [0.15, 0.2) is 48.7 Å². The second kappa shape index (κ2) is 7.03. The van der Waals surface area contributed by atoms with Crippen LogP contribution in [0.25, 0.3) is 10.9 Å². The van der Waals surface area contributed by atoms with Gasteiger partial charge in [-0.3, -0.25) is 4.79 Å². The largest absolute Gasteiger partial charge is 0.482 e. The van der Waals surface area contributed by atoms with E-state index in [4.69, 9.17) is 4.74 Å². The van der Waals surface area contributed by atoms with Crippen LogP contribution in [-0.4, -0.2) is 35.0 Å². The normalized spacial score (nSPS) is 12.9. The van der Waals surface area contributed by atoms with Gasteiger partial charge in [0.25, 0.3) is 5.91 Å². The number of urea groups is 1. The number of amides is 3. The van der Waals surface area contributed by atoms with E-state index in [1.165, 1.54) is 0 Å². The molecule has 0 spiro atoms. The van der Waals surface area contributed by atoms with Crippen molar-refractivity contribution in [2.45, 2.75) is 13.5 Å². The first kappa shape index (κ1) is 17.0. The molecule has 0 radical (unpaired) electrons. The number of ether oxygens (including phenoxy) is 1. The smallest absolute Gasteiger partial charge is 0.322 e. The molecule has 3 N–H and O–H groups in total. The van der Waals surface area contributed by atoms with E-state index < -0.39 is 0 Å². The van der Waals surface area contributed by atoms with Crippen LogP contribution in [0.4, 0.5) is 16.2 Å². The molecule has 1 aliphatic rings. The monoisotopic (exact) mass is 364 g/mol. The van der Waals surface area contributed by atoms with Crippen molar-refractivity contribution < 1.29 is 14.3 Å². The van der Waals surface area contributed by atoms with Crippen molar-refractivity contribution in [3.05, 3.63) is 54.2 Å². The average molecular weight is 364 g/mol. The van der Waals surface area contributed by atoms with Crippen molar-refractivity contribution in [1.82, 2.24) is 9.88 Å². The highest BCUT2D eigenvalue weighted by Crippen LogP contribution is 2.30. The number of carbonyl (C=O) groups excluding carboxylic acids is 2. The lowest BCUT2D eigenvalue weighted by molar-refractivity contribution is -0.118. The summed E-state index contributed by atoms with van der Waals surface area (Å²) in [4.78, 5) is 29.0. The fourth-order valence-corrected chi connectivity index (χ4v) is 3.11. The van der Waals surface area contributed by atoms with Crippen molar-refractivity contribution in [2.75, 3.05) is 23.8 Å². The van der Waals surface area contributed by atoms with Crippen molar-refractivity contribution >= 4 is 34.2 Å². The average Bonchev–Trinajstić information content (AvgIpc) is 3.13. The molecule has 0 aliphatic carbocycles. The molecular weight excluding hydrogens is 344 g/mol. The van der Waals surface area contributed by atoms with Crippen molar-refractivity contribution in [1.29, 1.82) is 0 Å². The van der Waals surface area contributed by atoms with Crippen molar-refractivity contribution in [3.8, 4) is 5.75 Å². The van der Waals surface area contributed by atoms with E-state index in [1.807, 2.05) is 31.3 Å². The summed E-state index contributed by atoms with van der Waals surface area (Å²) in [5.41, 5.74) is 3.30. The maximum Gasteiger partial charge on any atom is 0.322 e. The number of aromatic amines is 1. The van der Waals surface area contributed by atoms with E-state index in [0.29, 0.717) is 30.2 Å². The maximum atomic E-state index is 12.7. The molecule has 7 heteroatoms. The first-order valence-corrected chi connectivity index (χ1v) is 8.81. The van der Waals surface area contributed by atoms with Gasteiger partial charge in [-0.25, -0.2) is 4.79 Å². The summed E-state index contributed by atoms with van der Waals surface area (Å²) < 4.78 is 5.33. The zero-order valence-corrected chi connectivity index (χ0v) is 14.9. The minimum absolute atomic E-state index is 0.00774. The van der Waals surface area contributed by atoms with Gasteiger partial charge in [0.05, 0.1) is 5.69 Å². The summed E-state index contributed by atoms with van der Waals surface area (Å²) in [6.45, 7) is 3.03. The molecule has 138 valence electrons. The molecule has 2 heterocycles. The number of hydrogen-bond acceptors (Lipinski definition) is 3. The lowest BCUT2D eigenvalue weighted by atomic mass is 10.1. The number of nitrogens with one attached hydrogen (secondary N) is 3. The second-order valence-corrected chi connectivity index (χ2v) is 6.39. The van der Waals surface area contributed by atoms with Crippen LogP contribution in [0.1, 0.15) is 12.5 Å². The molecule has 0 saturated heterocycles. The van der Waals surface area contributed by atoms with Gasteiger partial charge in [-0.15, -0.1) is 0 Å². The fourth-order valence-electron chi connectivity index (χ4n) is 3.11. The van der Waals surface area contributed by atoms with Crippen LogP contribution in [-0.2, 0) is 11.3 Å². The number of fused-ring (bicyclic) bond motifs is 2. The maximum absolute atomic E-state index is 12.7. The zero-order valence-electron chi connectivity index (χ0n) is 14.9. The highest BCUT2D eigenvalue weighted by Gasteiger charge is 2.18. The Morgan fingerprint density at radius 1 is 1.22 bits per heavy atom. The van der Waals surface area contributed by atoms with Gasteiger partial charge in [-0.2, -0.15) is 0 Å². The zero-order chi connectivity index (χ0) is 18.8. The third kappa shape index (κ3) is 3.57. The van der Waals surface area contributed by atoms with E-state index in [9.17, 15) is 9.59 Å². The third-order valence-electron chi connectivity index (χ3n) is 4.52. The van der Waals surface area contributed by atoms with Gasteiger partial charge in [-0.1, -0.05) is 6.07 Å². The Morgan fingerprint density at radius 3 is 2.96 bits per heavy atom. The molecule has 0 bridgehead atoms. The Morgan fingerprint density at radius 2 is 2.11 bits per heavy atom. The van der Waals surface area contributed by atoms with Crippen LogP contribution in [0.5, 0.6) is 5.75 Å².